The van der Waals surface area contributed by atoms with E-state index in [1.807, 2.05) is 20.8 Å². The van der Waals surface area contributed by atoms with E-state index in [9.17, 15) is 4.79 Å². The van der Waals surface area contributed by atoms with Gasteiger partial charge in [-0.2, -0.15) is 0 Å². The highest BCUT2D eigenvalue weighted by atomic mass is 127. The number of likely N-dealkylation sites (tertiary alicyclic amines) is 1. The second-order valence-corrected chi connectivity index (χ2v) is 7.31. The van der Waals surface area contributed by atoms with Gasteiger partial charge in [-0.25, -0.2) is 4.79 Å². The Bertz CT molecular complexity index is 402. The number of piperidine rings is 1. The third-order valence-corrected chi connectivity index (χ3v) is 3.82. The van der Waals surface area contributed by atoms with Gasteiger partial charge in [-0.05, 0) is 46.5 Å². The van der Waals surface area contributed by atoms with Crippen LogP contribution in [0.4, 0.5) is 4.79 Å². The lowest BCUT2D eigenvalue weighted by atomic mass is 10.00. The summed E-state index contributed by atoms with van der Waals surface area (Å²) in [6.45, 7) is 14.1. The minimum Gasteiger partial charge on any atom is -0.444 e. The molecule has 1 N–H and O–H groups in total. The van der Waals surface area contributed by atoms with Crippen molar-refractivity contribution in [1.29, 1.82) is 0 Å². The number of rotatable bonds is 4. The normalized spacial score (nSPS) is 16.4. The SMILES string of the molecule is CCNC(=NCCN(C)C(=O)OC(C)(C)C)N1CCC(C)CC1.I. The molecular formula is C17H35IN4O2. The van der Waals surface area contributed by atoms with Gasteiger partial charge in [0, 0.05) is 33.2 Å². The molecule has 1 aliphatic rings. The van der Waals surface area contributed by atoms with E-state index < -0.39 is 5.60 Å². The topological polar surface area (TPSA) is 57.2 Å². The second kappa shape index (κ2) is 11.0. The highest BCUT2D eigenvalue weighted by Crippen LogP contribution is 2.16. The zero-order chi connectivity index (χ0) is 17.5. The molecule has 6 nitrogen and oxygen atoms in total. The van der Waals surface area contributed by atoms with Gasteiger partial charge >= 0.3 is 6.09 Å². The van der Waals surface area contributed by atoms with Crippen molar-refractivity contribution in [2.24, 2.45) is 10.9 Å². The first-order valence-corrected chi connectivity index (χ1v) is 8.70. The molecule has 0 aromatic rings. The smallest absolute Gasteiger partial charge is 0.410 e. The van der Waals surface area contributed by atoms with Crippen LogP contribution in [0.2, 0.25) is 0 Å². The van der Waals surface area contributed by atoms with Crippen molar-refractivity contribution >= 4 is 36.0 Å². The van der Waals surface area contributed by atoms with Crippen molar-refractivity contribution in [3.63, 3.8) is 0 Å². The minimum absolute atomic E-state index is 0. The van der Waals surface area contributed by atoms with Gasteiger partial charge in [0.1, 0.15) is 5.60 Å². The molecule has 0 spiro atoms. The van der Waals surface area contributed by atoms with Crippen LogP contribution in [0.1, 0.15) is 47.5 Å². The summed E-state index contributed by atoms with van der Waals surface area (Å²) in [5.41, 5.74) is -0.464. The van der Waals surface area contributed by atoms with Gasteiger partial charge in [0.25, 0.3) is 0 Å². The van der Waals surface area contributed by atoms with Crippen LogP contribution in [0.3, 0.4) is 0 Å². The van der Waals surface area contributed by atoms with Crippen molar-refractivity contribution in [3.05, 3.63) is 0 Å². The first kappa shape index (κ1) is 23.3. The van der Waals surface area contributed by atoms with Crippen LogP contribution in [0.15, 0.2) is 4.99 Å². The van der Waals surface area contributed by atoms with E-state index >= 15 is 0 Å². The zero-order valence-electron chi connectivity index (χ0n) is 16.1. The molecule has 0 saturated carbocycles. The molecule has 1 aliphatic heterocycles. The molecular weight excluding hydrogens is 419 g/mol. The molecule has 1 heterocycles. The van der Waals surface area contributed by atoms with E-state index in [1.165, 1.54) is 12.8 Å². The number of hydrogen-bond donors (Lipinski definition) is 1. The Hall–Kier alpha value is -0.730. The third-order valence-electron chi connectivity index (χ3n) is 3.82. The van der Waals surface area contributed by atoms with Crippen molar-refractivity contribution in [2.75, 3.05) is 39.8 Å². The Labute approximate surface area is 164 Å². The van der Waals surface area contributed by atoms with E-state index in [0.717, 1.165) is 31.5 Å². The predicted molar refractivity (Wildman–Crippen MR) is 110 cm³/mol. The number of nitrogens with one attached hydrogen (secondary N) is 1. The fourth-order valence-electron chi connectivity index (χ4n) is 2.38. The highest BCUT2D eigenvalue weighted by Gasteiger charge is 2.20. The van der Waals surface area contributed by atoms with Gasteiger partial charge in [-0.3, -0.25) is 4.99 Å². The molecule has 142 valence electrons. The third kappa shape index (κ3) is 8.94. The molecule has 7 heteroatoms. The van der Waals surface area contributed by atoms with Crippen molar-refractivity contribution in [2.45, 2.75) is 53.1 Å². The number of nitrogens with zero attached hydrogens (tertiary/aromatic N) is 3. The Kier molecular flexibility index (Phi) is 10.7. The quantitative estimate of drug-likeness (QED) is 0.403. The molecule has 0 aromatic heterocycles. The lowest BCUT2D eigenvalue weighted by Crippen LogP contribution is -2.45. The van der Waals surface area contributed by atoms with Crippen LogP contribution in [-0.4, -0.2) is 67.2 Å². The Morgan fingerprint density at radius 3 is 2.42 bits per heavy atom. The lowest BCUT2D eigenvalue weighted by molar-refractivity contribution is 0.0304. The lowest BCUT2D eigenvalue weighted by Gasteiger charge is -2.33. The molecule has 1 saturated heterocycles. The standard InChI is InChI=1S/C17H34N4O2.HI/c1-7-18-15(21-11-8-14(2)9-12-21)19-10-13-20(6)16(22)23-17(3,4)5;/h14H,7-13H2,1-6H3,(H,18,19);1H. The molecule has 24 heavy (non-hydrogen) atoms. The Morgan fingerprint density at radius 1 is 1.33 bits per heavy atom. The average molecular weight is 454 g/mol. The summed E-state index contributed by atoms with van der Waals surface area (Å²) < 4.78 is 5.35. The summed E-state index contributed by atoms with van der Waals surface area (Å²) in [5.74, 6) is 1.75. The van der Waals surface area contributed by atoms with Gasteiger partial charge in [0.15, 0.2) is 5.96 Å². The van der Waals surface area contributed by atoms with E-state index in [-0.39, 0.29) is 30.1 Å². The van der Waals surface area contributed by atoms with Gasteiger partial charge in [-0.15, -0.1) is 24.0 Å². The maximum absolute atomic E-state index is 11.9. The first-order chi connectivity index (χ1) is 10.7. The number of halogens is 1. The van der Waals surface area contributed by atoms with Crippen LogP contribution in [0.5, 0.6) is 0 Å². The van der Waals surface area contributed by atoms with Crippen LogP contribution in [0.25, 0.3) is 0 Å². The van der Waals surface area contributed by atoms with Crippen molar-refractivity contribution in [3.8, 4) is 0 Å². The summed E-state index contributed by atoms with van der Waals surface area (Å²) in [6.07, 6.45) is 2.12. The molecule has 0 aliphatic carbocycles. The molecule has 0 radical (unpaired) electrons. The Balaban J connectivity index is 0.00000529. The molecule has 0 unspecified atom stereocenters. The molecule has 0 aromatic carbocycles. The monoisotopic (exact) mass is 454 g/mol. The number of guanidine groups is 1. The van der Waals surface area contributed by atoms with Crippen LogP contribution >= 0.6 is 24.0 Å². The number of hydrogen-bond acceptors (Lipinski definition) is 3. The first-order valence-electron chi connectivity index (χ1n) is 8.70. The van der Waals surface area contributed by atoms with Gasteiger partial charge < -0.3 is 19.9 Å². The summed E-state index contributed by atoms with van der Waals surface area (Å²) in [4.78, 5) is 20.5. The van der Waals surface area contributed by atoms with E-state index in [1.54, 1.807) is 11.9 Å². The fourth-order valence-corrected chi connectivity index (χ4v) is 2.38. The molecule has 1 fully saturated rings. The number of aliphatic imine (C=N–C) groups is 1. The predicted octanol–water partition coefficient (Wildman–Crippen LogP) is 3.17. The van der Waals surface area contributed by atoms with Gasteiger partial charge in [0.2, 0.25) is 0 Å². The van der Waals surface area contributed by atoms with Gasteiger partial charge in [-0.1, -0.05) is 6.92 Å². The van der Waals surface area contributed by atoms with Crippen molar-refractivity contribution < 1.29 is 9.53 Å². The zero-order valence-corrected chi connectivity index (χ0v) is 18.4. The van der Waals surface area contributed by atoms with E-state index in [4.69, 9.17) is 4.74 Å². The van der Waals surface area contributed by atoms with E-state index in [0.29, 0.717) is 13.1 Å². The molecule has 1 amide bonds. The van der Waals surface area contributed by atoms with E-state index in [2.05, 4.69) is 29.1 Å². The summed E-state index contributed by atoms with van der Waals surface area (Å²) >= 11 is 0. The molecule has 1 rings (SSSR count). The maximum Gasteiger partial charge on any atom is 0.410 e. The molecule has 0 atom stereocenters. The fraction of sp³-hybridized carbons (Fsp3) is 0.882. The summed E-state index contributed by atoms with van der Waals surface area (Å²) in [5, 5.41) is 3.35. The molecule has 0 bridgehead atoms. The summed E-state index contributed by atoms with van der Waals surface area (Å²) in [7, 11) is 1.75. The largest absolute Gasteiger partial charge is 0.444 e. The Morgan fingerprint density at radius 2 is 1.92 bits per heavy atom. The number of amides is 1. The van der Waals surface area contributed by atoms with Gasteiger partial charge in [0.05, 0.1) is 6.54 Å². The van der Waals surface area contributed by atoms with Crippen molar-refractivity contribution in [1.82, 2.24) is 15.1 Å². The number of carbonyl (C=O) groups excluding carboxylic acids is 1. The van der Waals surface area contributed by atoms with Crippen LogP contribution < -0.4 is 5.32 Å². The minimum atomic E-state index is -0.464. The second-order valence-electron chi connectivity index (χ2n) is 7.31. The number of likely N-dealkylation sites (N-methyl/N-ethyl adjacent to an activating group) is 1. The highest BCUT2D eigenvalue weighted by molar-refractivity contribution is 14.0. The number of ether oxygens (including phenoxy) is 1. The summed E-state index contributed by atoms with van der Waals surface area (Å²) in [6, 6.07) is 0. The maximum atomic E-state index is 11.9. The number of carbonyl (C=O) groups is 1. The van der Waals surface area contributed by atoms with Crippen LogP contribution in [0, 0.1) is 5.92 Å². The van der Waals surface area contributed by atoms with Crippen LogP contribution in [-0.2, 0) is 4.74 Å². The average Bonchev–Trinajstić information content (AvgIpc) is 2.45.